The maximum absolute atomic E-state index is 13.5. The van der Waals surface area contributed by atoms with Gasteiger partial charge in [-0.25, -0.2) is 0 Å². The minimum absolute atomic E-state index is 0.590. The summed E-state index contributed by atoms with van der Waals surface area (Å²) in [6, 6.07) is 0. The van der Waals surface area contributed by atoms with Crippen molar-refractivity contribution in [2.75, 3.05) is 6.61 Å². The Labute approximate surface area is 138 Å². The topological polar surface area (TPSA) is 20.2 Å². The first-order chi connectivity index (χ1) is 10.2. The Morgan fingerprint density at radius 3 is 1.17 bits per heavy atom. The van der Waals surface area contributed by atoms with Gasteiger partial charge in [-0.3, -0.25) is 0 Å². The van der Waals surface area contributed by atoms with Crippen molar-refractivity contribution < 1.29 is 62.2 Å². The smallest absolute Gasteiger partial charge is 0.395 e. The second kappa shape index (κ2) is 6.50. The van der Waals surface area contributed by atoms with Crippen LogP contribution in [0.1, 0.15) is 6.42 Å². The fourth-order valence-electron chi connectivity index (χ4n) is 1.72. The molecule has 0 aromatic carbocycles. The van der Waals surface area contributed by atoms with Crippen molar-refractivity contribution >= 4 is 22.6 Å². The van der Waals surface area contributed by atoms with Crippen LogP contribution in [0.15, 0.2) is 0 Å². The maximum Gasteiger partial charge on any atom is 0.459 e. The summed E-state index contributed by atoms with van der Waals surface area (Å²) in [5.41, 5.74) is -6.74. The summed E-state index contributed by atoms with van der Waals surface area (Å²) in [6.45, 7) is -1.61. The van der Waals surface area contributed by atoms with Crippen molar-refractivity contribution in [3.05, 3.63) is 0 Å². The quantitative estimate of drug-likeness (QED) is 0.314. The number of aliphatic hydroxyl groups excluding tert-OH is 1. The Balaban J connectivity index is 6.83. The molecule has 0 aliphatic carbocycles. The molecule has 0 amide bonds. The van der Waals surface area contributed by atoms with E-state index in [1.807, 2.05) is 0 Å². The molecule has 24 heavy (non-hydrogen) atoms. The van der Waals surface area contributed by atoms with Crippen LogP contribution in [-0.4, -0.2) is 46.0 Å². The molecule has 0 saturated heterocycles. The fraction of sp³-hybridized carbons (Fsp3) is 1.00. The van der Waals surface area contributed by atoms with Crippen LogP contribution in [0.5, 0.6) is 0 Å². The molecule has 1 N–H and O–H groups in total. The molecule has 0 radical (unpaired) electrons. The van der Waals surface area contributed by atoms with Gasteiger partial charge in [-0.05, 0) is 6.42 Å². The van der Waals surface area contributed by atoms with Crippen LogP contribution in [0.25, 0.3) is 0 Å². The third-order valence-electron chi connectivity index (χ3n) is 2.98. The molecule has 0 aromatic heterocycles. The number of hydrogen-bond acceptors (Lipinski definition) is 1. The zero-order valence-electron chi connectivity index (χ0n) is 10.7. The highest BCUT2D eigenvalue weighted by molar-refractivity contribution is 14.1. The van der Waals surface area contributed by atoms with E-state index in [4.69, 9.17) is 5.11 Å². The monoisotopic (exact) mass is 504 g/mol. The van der Waals surface area contributed by atoms with Crippen LogP contribution in [0, 0.1) is 5.41 Å². The van der Waals surface area contributed by atoms with E-state index in [2.05, 4.69) is 0 Å². The molecule has 0 heterocycles. The van der Waals surface area contributed by atoms with Gasteiger partial charge in [0.05, 0.1) is 6.61 Å². The first-order valence-electron chi connectivity index (χ1n) is 5.41. The molecule has 0 aliphatic heterocycles. The van der Waals surface area contributed by atoms with Crippen LogP contribution < -0.4 is 0 Å². The number of rotatable bonds is 5. The number of aliphatic hydroxyl groups is 1. The second-order valence-electron chi connectivity index (χ2n) is 4.53. The van der Waals surface area contributed by atoms with Crippen molar-refractivity contribution in [3.63, 3.8) is 0 Å². The van der Waals surface area contributed by atoms with Crippen molar-refractivity contribution in [1.29, 1.82) is 0 Å². The van der Waals surface area contributed by atoms with Gasteiger partial charge in [-0.15, -0.1) is 0 Å². The summed E-state index contributed by atoms with van der Waals surface area (Å²) in [5, 5.41) is 8.46. The molecule has 0 fully saturated rings. The number of alkyl halides is 14. The SMILES string of the molecule is OC[C@@H](I)CC(C(F)(F)F)(C(F)(F)F)C(F)(F)C(F)(F)C(F)(F)F. The standard InChI is InChI=1S/C9H6F13IO/c10-5(11,6(12,13)9(20,21)22)4(7(14,15)16,8(17,18)19)1-3(23)2-24/h3,24H,1-2H2/t3-/m0/s1. The third kappa shape index (κ3) is 3.51. The third-order valence-corrected chi connectivity index (χ3v) is 3.81. The van der Waals surface area contributed by atoms with Crippen LogP contribution in [0.3, 0.4) is 0 Å². The van der Waals surface area contributed by atoms with E-state index in [1.165, 1.54) is 0 Å². The predicted octanol–water partition coefficient (Wildman–Crippen LogP) is 5.12. The molecule has 0 rings (SSSR count). The Bertz CT molecular complexity index is 420. The van der Waals surface area contributed by atoms with Crippen molar-refractivity contribution in [3.8, 4) is 0 Å². The highest BCUT2D eigenvalue weighted by Gasteiger charge is 2.91. The molecule has 146 valence electrons. The normalized spacial score (nSPS) is 17.1. The lowest BCUT2D eigenvalue weighted by Crippen LogP contribution is -2.70. The van der Waals surface area contributed by atoms with Crippen molar-refractivity contribution in [2.45, 2.75) is 40.7 Å². The molecule has 1 nitrogen and oxygen atoms in total. The van der Waals surface area contributed by atoms with Gasteiger partial charge in [0.15, 0.2) is 0 Å². The largest absolute Gasteiger partial charge is 0.459 e. The highest BCUT2D eigenvalue weighted by Crippen LogP contribution is 2.67. The molecule has 1 atom stereocenters. The minimum Gasteiger partial charge on any atom is -0.395 e. The molecule has 0 aliphatic rings. The molecule has 0 unspecified atom stereocenters. The lowest BCUT2D eigenvalue weighted by molar-refractivity contribution is -0.461. The van der Waals surface area contributed by atoms with Crippen LogP contribution in [0.4, 0.5) is 57.1 Å². The molecule has 0 saturated carbocycles. The molecular formula is C9H6F13IO. The summed E-state index contributed by atoms with van der Waals surface area (Å²) in [7, 11) is 0. The summed E-state index contributed by atoms with van der Waals surface area (Å²) >= 11 is 0.590. The Morgan fingerprint density at radius 1 is 0.625 bits per heavy atom. The van der Waals surface area contributed by atoms with Crippen LogP contribution in [0.2, 0.25) is 0 Å². The van der Waals surface area contributed by atoms with E-state index in [9.17, 15) is 57.1 Å². The number of hydrogen-bond donors (Lipinski definition) is 1. The van der Waals surface area contributed by atoms with E-state index in [1.54, 1.807) is 0 Å². The highest BCUT2D eigenvalue weighted by atomic mass is 127. The van der Waals surface area contributed by atoms with Gasteiger partial charge in [-0.1, -0.05) is 22.6 Å². The Morgan fingerprint density at radius 2 is 0.958 bits per heavy atom. The molecular weight excluding hydrogens is 498 g/mol. The molecule has 0 aromatic rings. The summed E-state index contributed by atoms with van der Waals surface area (Å²) < 4.78 is 163. The van der Waals surface area contributed by atoms with Gasteiger partial charge in [0, 0.05) is 3.92 Å². The molecule has 0 bridgehead atoms. The Kier molecular flexibility index (Phi) is 6.44. The minimum atomic E-state index is -7.64. The van der Waals surface area contributed by atoms with Gasteiger partial charge in [-0.2, -0.15) is 57.1 Å². The first-order valence-corrected chi connectivity index (χ1v) is 6.66. The van der Waals surface area contributed by atoms with Gasteiger partial charge in [0.2, 0.25) is 5.41 Å². The number of halogens is 14. The van der Waals surface area contributed by atoms with E-state index in [0.717, 1.165) is 0 Å². The summed E-state index contributed by atoms with van der Waals surface area (Å²) in [5.74, 6) is -15.3. The van der Waals surface area contributed by atoms with E-state index in [0.29, 0.717) is 22.6 Å². The van der Waals surface area contributed by atoms with E-state index in [-0.39, 0.29) is 0 Å². The van der Waals surface area contributed by atoms with Gasteiger partial charge < -0.3 is 5.11 Å². The zero-order chi connectivity index (χ0) is 20.0. The van der Waals surface area contributed by atoms with Crippen LogP contribution in [-0.2, 0) is 0 Å². The molecule has 0 spiro atoms. The average molecular weight is 504 g/mol. The zero-order valence-corrected chi connectivity index (χ0v) is 12.9. The lowest BCUT2D eigenvalue weighted by Gasteiger charge is -2.46. The van der Waals surface area contributed by atoms with Crippen molar-refractivity contribution in [1.82, 2.24) is 0 Å². The maximum atomic E-state index is 13.5. The lowest BCUT2D eigenvalue weighted by atomic mass is 9.72. The second-order valence-corrected chi connectivity index (χ2v) is 6.29. The van der Waals surface area contributed by atoms with Crippen molar-refractivity contribution in [2.24, 2.45) is 5.41 Å². The molecule has 15 heteroatoms. The van der Waals surface area contributed by atoms with Gasteiger partial charge in [0.1, 0.15) is 0 Å². The predicted molar refractivity (Wildman–Crippen MR) is 60.0 cm³/mol. The van der Waals surface area contributed by atoms with E-state index < -0.39 is 52.7 Å². The Hall–Kier alpha value is -0.220. The fourth-order valence-corrected chi connectivity index (χ4v) is 2.38. The first kappa shape index (κ1) is 23.8. The van der Waals surface area contributed by atoms with Crippen LogP contribution >= 0.6 is 22.6 Å². The van der Waals surface area contributed by atoms with Gasteiger partial charge >= 0.3 is 30.4 Å². The average Bonchev–Trinajstić information content (AvgIpc) is 2.30. The van der Waals surface area contributed by atoms with E-state index >= 15 is 0 Å². The summed E-state index contributed by atoms with van der Waals surface area (Å²) in [6.07, 6.45) is -24.8. The van der Waals surface area contributed by atoms with Gasteiger partial charge in [0.25, 0.3) is 0 Å². The summed E-state index contributed by atoms with van der Waals surface area (Å²) in [4.78, 5) is 0.